The van der Waals surface area contributed by atoms with Gasteiger partial charge in [0, 0.05) is 50.9 Å². The average Bonchev–Trinajstić information content (AvgIpc) is 3.55. The van der Waals surface area contributed by atoms with E-state index in [1.54, 1.807) is 0 Å². The van der Waals surface area contributed by atoms with Crippen molar-refractivity contribution in [2.75, 3.05) is 0 Å². The zero-order valence-corrected chi connectivity index (χ0v) is 19.1. The summed E-state index contributed by atoms with van der Waals surface area (Å²) in [5.41, 5.74) is 11.7. The van der Waals surface area contributed by atoms with Crippen molar-refractivity contribution >= 4 is 34.2 Å². The van der Waals surface area contributed by atoms with Gasteiger partial charge in [-0.15, -0.1) is 0 Å². The van der Waals surface area contributed by atoms with E-state index in [-0.39, 0.29) is 5.41 Å². The quantitative estimate of drug-likeness (QED) is 0.301. The molecule has 0 unspecified atom stereocenters. The maximum atomic E-state index is 4.99. The maximum absolute atomic E-state index is 4.99. The second-order valence-corrected chi connectivity index (χ2v) is 9.67. The molecule has 4 heteroatoms. The molecule has 0 spiro atoms. The molecule has 3 aromatic heterocycles. The van der Waals surface area contributed by atoms with E-state index < -0.39 is 0 Å². The molecule has 5 heterocycles. The van der Waals surface area contributed by atoms with Gasteiger partial charge >= 0.3 is 0 Å². The van der Waals surface area contributed by atoms with Crippen molar-refractivity contribution < 1.29 is 0 Å². The number of benzene rings is 1. The average molecular weight is 431 g/mol. The number of rotatable bonds is 1. The Morgan fingerprint density at radius 3 is 2.30 bits per heavy atom. The van der Waals surface area contributed by atoms with Gasteiger partial charge in [-0.05, 0) is 67.1 Å². The molecular formula is C29H26N4. The Kier molecular flexibility index (Phi) is 4.37. The monoisotopic (exact) mass is 430 g/mol. The molecule has 1 aromatic carbocycles. The second-order valence-electron chi connectivity index (χ2n) is 9.67. The van der Waals surface area contributed by atoms with Gasteiger partial charge in [-0.25, -0.2) is 4.98 Å². The van der Waals surface area contributed by atoms with Gasteiger partial charge in [-0.3, -0.25) is 4.98 Å². The second kappa shape index (κ2) is 7.31. The minimum absolute atomic E-state index is 0.0160. The van der Waals surface area contributed by atoms with Crippen LogP contribution in [0.15, 0.2) is 66.7 Å². The van der Waals surface area contributed by atoms with Crippen LogP contribution in [0.4, 0.5) is 0 Å². The topological polar surface area (TPSA) is 57.4 Å². The van der Waals surface area contributed by atoms with E-state index in [4.69, 9.17) is 9.97 Å². The molecule has 4 aromatic rings. The molecule has 2 aliphatic rings. The van der Waals surface area contributed by atoms with Crippen LogP contribution in [0, 0.1) is 6.92 Å². The smallest absolute Gasteiger partial charge is 0.0736 e. The molecule has 0 saturated carbocycles. The van der Waals surface area contributed by atoms with E-state index in [1.807, 2.05) is 0 Å². The predicted molar refractivity (Wildman–Crippen MR) is 137 cm³/mol. The van der Waals surface area contributed by atoms with Gasteiger partial charge in [0.15, 0.2) is 0 Å². The normalized spacial score (nSPS) is 14.5. The molecule has 0 saturated heterocycles. The summed E-state index contributed by atoms with van der Waals surface area (Å²) in [6, 6.07) is 23.5. The fraction of sp³-hybridized carbons (Fsp3) is 0.172. The van der Waals surface area contributed by atoms with Crippen LogP contribution in [0.5, 0.6) is 0 Å². The summed E-state index contributed by atoms with van der Waals surface area (Å²) < 4.78 is 0. The van der Waals surface area contributed by atoms with Crippen molar-refractivity contribution in [2.24, 2.45) is 0 Å². The Morgan fingerprint density at radius 2 is 1.48 bits per heavy atom. The number of aryl methyl sites for hydroxylation is 1. The Hall–Kier alpha value is -3.92. The van der Waals surface area contributed by atoms with Crippen LogP contribution in [0.3, 0.4) is 0 Å². The predicted octanol–water partition coefficient (Wildman–Crippen LogP) is 6.98. The lowest BCUT2D eigenvalue weighted by atomic mass is 9.87. The van der Waals surface area contributed by atoms with Gasteiger partial charge in [-0.1, -0.05) is 43.7 Å². The van der Waals surface area contributed by atoms with E-state index >= 15 is 0 Å². The van der Waals surface area contributed by atoms with Gasteiger partial charge in [0.1, 0.15) is 0 Å². The van der Waals surface area contributed by atoms with E-state index in [0.29, 0.717) is 0 Å². The molecule has 0 fully saturated rings. The zero-order valence-electron chi connectivity index (χ0n) is 19.1. The van der Waals surface area contributed by atoms with Crippen molar-refractivity contribution in [1.82, 2.24) is 19.9 Å². The Morgan fingerprint density at radius 1 is 0.758 bits per heavy atom. The SMILES string of the molecule is Cc1ccc(-c2c3nc(cc4ccc(cc5nc(cc6ccc2[nH]6)C(C)(C)C5)[nH]4)C=C3)cc1. The Bertz CT molecular complexity index is 1560. The van der Waals surface area contributed by atoms with Gasteiger partial charge < -0.3 is 9.97 Å². The van der Waals surface area contributed by atoms with Crippen LogP contribution >= 0.6 is 0 Å². The highest BCUT2D eigenvalue weighted by molar-refractivity contribution is 5.90. The number of fused-ring (bicyclic) bond motifs is 8. The first kappa shape index (κ1) is 19.7. The van der Waals surface area contributed by atoms with Gasteiger partial charge in [-0.2, -0.15) is 0 Å². The summed E-state index contributed by atoms with van der Waals surface area (Å²) in [4.78, 5) is 17.1. The fourth-order valence-electron chi connectivity index (χ4n) is 4.69. The first-order valence-corrected chi connectivity index (χ1v) is 11.4. The van der Waals surface area contributed by atoms with E-state index in [0.717, 1.165) is 62.4 Å². The molecule has 8 bridgehead atoms. The van der Waals surface area contributed by atoms with Crippen molar-refractivity contribution in [3.8, 4) is 11.1 Å². The minimum atomic E-state index is -0.0160. The van der Waals surface area contributed by atoms with Crippen LogP contribution < -0.4 is 0 Å². The van der Waals surface area contributed by atoms with Crippen molar-refractivity contribution in [3.05, 3.63) is 95.1 Å². The number of nitrogens with zero attached hydrogens (tertiary/aromatic N) is 2. The van der Waals surface area contributed by atoms with E-state index in [1.165, 1.54) is 5.56 Å². The van der Waals surface area contributed by atoms with Gasteiger partial charge in [0.05, 0.1) is 11.4 Å². The molecule has 162 valence electrons. The van der Waals surface area contributed by atoms with Crippen molar-refractivity contribution in [3.63, 3.8) is 0 Å². The van der Waals surface area contributed by atoms with Crippen molar-refractivity contribution in [2.45, 2.75) is 32.6 Å². The summed E-state index contributed by atoms with van der Waals surface area (Å²) in [5.74, 6) is 0. The highest BCUT2D eigenvalue weighted by Gasteiger charge is 2.28. The van der Waals surface area contributed by atoms with Crippen LogP contribution in [0.2, 0.25) is 0 Å². The number of hydrogen-bond acceptors (Lipinski definition) is 2. The number of hydrogen-bond donors (Lipinski definition) is 2. The standard InChI is InChI=1S/C29H26N4/c1-18-4-6-19(7-5-18)28-25-12-10-22(31-25)14-20-8-9-21(30-20)15-24-17-29(2,3)27(33-24)16-23-11-13-26(28)32-23/h4-16,30,32H,17H2,1-3H3. The summed E-state index contributed by atoms with van der Waals surface area (Å²) in [5, 5.41) is 0. The highest BCUT2D eigenvalue weighted by atomic mass is 14.8. The maximum Gasteiger partial charge on any atom is 0.0736 e. The van der Waals surface area contributed by atoms with Crippen LogP contribution in [0.25, 0.3) is 45.3 Å². The molecule has 0 aliphatic carbocycles. The molecule has 2 aliphatic heterocycles. The Labute approximate surface area is 193 Å². The number of H-pyrrole nitrogens is 2. The molecule has 2 N–H and O–H groups in total. The first-order chi connectivity index (χ1) is 15.9. The summed E-state index contributed by atoms with van der Waals surface area (Å²) >= 11 is 0. The summed E-state index contributed by atoms with van der Waals surface area (Å²) in [6.45, 7) is 6.63. The summed E-state index contributed by atoms with van der Waals surface area (Å²) in [7, 11) is 0. The third kappa shape index (κ3) is 3.68. The van der Waals surface area contributed by atoms with Gasteiger partial charge in [0.25, 0.3) is 0 Å². The largest absolute Gasteiger partial charge is 0.355 e. The molecule has 0 radical (unpaired) electrons. The lowest BCUT2D eigenvalue weighted by molar-refractivity contribution is 0.543. The first-order valence-electron chi connectivity index (χ1n) is 11.4. The third-order valence-corrected chi connectivity index (χ3v) is 6.47. The van der Waals surface area contributed by atoms with Crippen LogP contribution in [-0.2, 0) is 11.8 Å². The molecule has 4 nitrogen and oxygen atoms in total. The molecule has 33 heavy (non-hydrogen) atoms. The van der Waals surface area contributed by atoms with E-state index in [9.17, 15) is 0 Å². The number of nitrogens with one attached hydrogen (secondary N) is 2. The fourth-order valence-corrected chi connectivity index (χ4v) is 4.69. The highest BCUT2D eigenvalue weighted by Crippen LogP contribution is 2.32. The molecule has 0 amide bonds. The molecule has 0 atom stereocenters. The van der Waals surface area contributed by atoms with Crippen molar-refractivity contribution in [1.29, 1.82) is 0 Å². The zero-order chi connectivity index (χ0) is 22.6. The lowest BCUT2D eigenvalue weighted by Gasteiger charge is -2.15. The number of aromatic amines is 2. The lowest BCUT2D eigenvalue weighted by Crippen LogP contribution is -2.14. The van der Waals surface area contributed by atoms with Gasteiger partial charge in [0.2, 0.25) is 0 Å². The molecular weight excluding hydrogens is 404 g/mol. The van der Waals surface area contributed by atoms with E-state index in [2.05, 4.69) is 110 Å². The number of aromatic nitrogens is 4. The summed E-state index contributed by atoms with van der Waals surface area (Å²) in [6.07, 6.45) is 5.09. The minimum Gasteiger partial charge on any atom is -0.355 e. The van der Waals surface area contributed by atoms with Crippen LogP contribution in [0.1, 0.15) is 42.2 Å². The van der Waals surface area contributed by atoms with Crippen LogP contribution in [-0.4, -0.2) is 19.9 Å². The third-order valence-electron chi connectivity index (χ3n) is 6.47. The molecule has 6 rings (SSSR count). The Balaban J connectivity index is 1.71.